The average molecular weight is 225 g/mol. The topological polar surface area (TPSA) is 51.0 Å². The molecule has 0 amide bonds. The highest BCUT2D eigenvalue weighted by molar-refractivity contribution is 5.13. The lowest BCUT2D eigenvalue weighted by molar-refractivity contribution is 0.298. The molecule has 2 aliphatic rings. The summed E-state index contributed by atoms with van der Waals surface area (Å²) >= 11 is 0. The maximum atomic E-state index is 12.9. The van der Waals surface area contributed by atoms with Gasteiger partial charge in [-0.05, 0) is 32.4 Å². The highest BCUT2D eigenvalue weighted by atomic mass is 19.1. The van der Waals surface area contributed by atoms with Crippen molar-refractivity contribution in [1.82, 2.24) is 15.5 Å². The number of aromatic nitrogens is 2. The molecule has 5 heteroatoms. The zero-order chi connectivity index (χ0) is 11.2. The Hall–Kier alpha value is -0.970. The van der Waals surface area contributed by atoms with E-state index in [-0.39, 0.29) is 11.3 Å². The molecule has 0 radical (unpaired) electrons. The van der Waals surface area contributed by atoms with Gasteiger partial charge in [0.15, 0.2) is 5.82 Å². The van der Waals surface area contributed by atoms with Crippen molar-refractivity contribution >= 4 is 0 Å². The van der Waals surface area contributed by atoms with Gasteiger partial charge in [-0.25, -0.2) is 4.39 Å². The van der Waals surface area contributed by atoms with Gasteiger partial charge < -0.3 is 9.84 Å². The molecule has 16 heavy (non-hydrogen) atoms. The summed E-state index contributed by atoms with van der Waals surface area (Å²) in [4.78, 5) is 4.37. The van der Waals surface area contributed by atoms with E-state index in [1.54, 1.807) is 0 Å². The first-order chi connectivity index (χ1) is 7.69. The fourth-order valence-electron chi connectivity index (χ4n) is 2.25. The summed E-state index contributed by atoms with van der Waals surface area (Å²) in [5.74, 6) is 1.11. The zero-order valence-electron chi connectivity index (χ0n) is 9.37. The van der Waals surface area contributed by atoms with Crippen LogP contribution in [0.2, 0.25) is 0 Å². The van der Waals surface area contributed by atoms with Gasteiger partial charge >= 0.3 is 0 Å². The molecule has 2 heterocycles. The van der Waals surface area contributed by atoms with Crippen molar-refractivity contribution in [2.24, 2.45) is 0 Å². The molecule has 2 fully saturated rings. The summed E-state index contributed by atoms with van der Waals surface area (Å²) < 4.78 is 18.0. The highest BCUT2D eigenvalue weighted by Crippen LogP contribution is 2.43. The van der Waals surface area contributed by atoms with E-state index in [1.165, 1.54) is 0 Å². The Kier molecular flexibility index (Phi) is 2.24. The zero-order valence-corrected chi connectivity index (χ0v) is 9.37. The van der Waals surface area contributed by atoms with E-state index in [0.717, 1.165) is 31.8 Å². The number of halogens is 1. The van der Waals surface area contributed by atoms with Gasteiger partial charge in [-0.15, -0.1) is 0 Å². The maximum Gasteiger partial charge on any atom is 0.232 e. The molecule has 3 rings (SSSR count). The molecule has 1 aliphatic heterocycles. The molecule has 0 bridgehead atoms. The molecule has 2 atom stereocenters. The van der Waals surface area contributed by atoms with Crippen LogP contribution in [0.3, 0.4) is 0 Å². The second kappa shape index (κ2) is 3.52. The summed E-state index contributed by atoms with van der Waals surface area (Å²) in [7, 11) is 0. The van der Waals surface area contributed by atoms with Crippen molar-refractivity contribution < 1.29 is 8.91 Å². The van der Waals surface area contributed by atoms with E-state index in [0.29, 0.717) is 12.3 Å². The normalized spacial score (nSPS) is 32.6. The van der Waals surface area contributed by atoms with Gasteiger partial charge in [0.2, 0.25) is 5.89 Å². The molecule has 1 N–H and O–H groups in total. The second-order valence-corrected chi connectivity index (χ2v) is 5.13. The van der Waals surface area contributed by atoms with Crippen LogP contribution >= 0.6 is 0 Å². The SMILES string of the molecule is CC1(c2noc([C@@H]3CC3F)n2)CCNCC1. The number of hydrogen-bond acceptors (Lipinski definition) is 4. The van der Waals surface area contributed by atoms with Crippen molar-refractivity contribution in [2.45, 2.75) is 43.7 Å². The second-order valence-electron chi connectivity index (χ2n) is 5.13. The first-order valence-corrected chi connectivity index (χ1v) is 5.88. The predicted molar refractivity (Wildman–Crippen MR) is 56.0 cm³/mol. The lowest BCUT2D eigenvalue weighted by atomic mass is 9.80. The van der Waals surface area contributed by atoms with Gasteiger partial charge in [0, 0.05) is 5.41 Å². The average Bonchev–Trinajstić information content (AvgIpc) is 2.82. The molecule has 0 aromatic carbocycles. The largest absolute Gasteiger partial charge is 0.339 e. The quantitative estimate of drug-likeness (QED) is 0.829. The van der Waals surface area contributed by atoms with Crippen molar-refractivity contribution in [3.63, 3.8) is 0 Å². The summed E-state index contributed by atoms with van der Waals surface area (Å²) in [6, 6.07) is 0. The van der Waals surface area contributed by atoms with Crippen LogP contribution in [0.15, 0.2) is 4.52 Å². The van der Waals surface area contributed by atoms with E-state index < -0.39 is 6.17 Å². The van der Waals surface area contributed by atoms with Gasteiger partial charge in [-0.2, -0.15) is 4.98 Å². The number of hydrogen-bond donors (Lipinski definition) is 1. The van der Waals surface area contributed by atoms with Gasteiger partial charge in [-0.1, -0.05) is 12.1 Å². The molecule has 1 aliphatic carbocycles. The summed E-state index contributed by atoms with van der Waals surface area (Å²) in [6.07, 6.45) is 1.79. The smallest absolute Gasteiger partial charge is 0.232 e. The Morgan fingerprint density at radius 3 is 2.75 bits per heavy atom. The third-order valence-electron chi connectivity index (χ3n) is 3.72. The molecule has 88 valence electrons. The molecule has 1 saturated carbocycles. The van der Waals surface area contributed by atoms with Gasteiger partial charge in [0.05, 0.1) is 5.92 Å². The van der Waals surface area contributed by atoms with Crippen molar-refractivity contribution in [1.29, 1.82) is 0 Å². The van der Waals surface area contributed by atoms with Gasteiger partial charge in [0.1, 0.15) is 6.17 Å². The molecule has 1 unspecified atom stereocenters. The summed E-state index contributed by atoms with van der Waals surface area (Å²) in [6.45, 7) is 4.12. The fraction of sp³-hybridized carbons (Fsp3) is 0.818. The molecule has 1 saturated heterocycles. The van der Waals surface area contributed by atoms with E-state index in [4.69, 9.17) is 4.52 Å². The summed E-state index contributed by atoms with van der Waals surface area (Å²) in [5, 5.41) is 7.34. The van der Waals surface area contributed by atoms with E-state index >= 15 is 0 Å². The first-order valence-electron chi connectivity index (χ1n) is 5.88. The van der Waals surface area contributed by atoms with Crippen LogP contribution in [0.25, 0.3) is 0 Å². The Balaban J connectivity index is 1.80. The number of piperidine rings is 1. The van der Waals surface area contributed by atoms with Crippen molar-refractivity contribution in [3.8, 4) is 0 Å². The summed E-state index contributed by atoms with van der Waals surface area (Å²) in [5.41, 5.74) is -0.00625. The predicted octanol–water partition coefficient (Wildman–Crippen LogP) is 1.54. The lowest BCUT2D eigenvalue weighted by Gasteiger charge is -2.30. The van der Waals surface area contributed by atoms with E-state index in [2.05, 4.69) is 22.4 Å². The lowest BCUT2D eigenvalue weighted by Crippen LogP contribution is -2.38. The maximum absolute atomic E-state index is 12.9. The number of nitrogens with one attached hydrogen (secondary N) is 1. The van der Waals surface area contributed by atoms with Gasteiger partial charge in [-0.3, -0.25) is 0 Å². The van der Waals surface area contributed by atoms with Crippen molar-refractivity contribution in [3.05, 3.63) is 11.7 Å². The minimum absolute atomic E-state index is 0.00625. The van der Waals surface area contributed by atoms with Crippen LogP contribution in [-0.2, 0) is 5.41 Å². The monoisotopic (exact) mass is 225 g/mol. The Labute approximate surface area is 93.6 Å². The highest BCUT2D eigenvalue weighted by Gasteiger charge is 2.44. The standard InChI is InChI=1S/C11H16FN3O/c1-11(2-4-13-5-3-11)10-14-9(16-15-10)7-6-8(7)12/h7-8,13H,2-6H2,1H3/t7-,8?/m1/s1. The van der Waals surface area contributed by atoms with Crippen LogP contribution in [0.4, 0.5) is 4.39 Å². The molecule has 4 nitrogen and oxygen atoms in total. The minimum atomic E-state index is -0.769. The van der Waals surface area contributed by atoms with Crippen LogP contribution in [0.5, 0.6) is 0 Å². The molecule has 1 aromatic heterocycles. The van der Waals surface area contributed by atoms with Crippen LogP contribution in [0.1, 0.15) is 43.8 Å². The van der Waals surface area contributed by atoms with Crippen molar-refractivity contribution in [2.75, 3.05) is 13.1 Å². The van der Waals surface area contributed by atoms with Crippen LogP contribution < -0.4 is 5.32 Å². The van der Waals surface area contributed by atoms with Gasteiger partial charge in [0.25, 0.3) is 0 Å². The molecular formula is C11H16FN3O. The molecule has 1 aromatic rings. The first kappa shape index (κ1) is 10.2. The van der Waals surface area contributed by atoms with Crippen LogP contribution in [0, 0.1) is 0 Å². The van der Waals surface area contributed by atoms with Crippen LogP contribution in [-0.4, -0.2) is 29.4 Å². The van der Waals surface area contributed by atoms with E-state index in [1.807, 2.05) is 0 Å². The number of rotatable bonds is 2. The third kappa shape index (κ3) is 1.63. The Morgan fingerprint density at radius 2 is 2.12 bits per heavy atom. The van der Waals surface area contributed by atoms with E-state index in [9.17, 15) is 4.39 Å². The number of alkyl halides is 1. The third-order valence-corrected chi connectivity index (χ3v) is 3.72. The number of nitrogens with zero attached hydrogens (tertiary/aromatic N) is 2. The minimum Gasteiger partial charge on any atom is -0.339 e. The molecular weight excluding hydrogens is 209 g/mol. The molecule has 0 spiro atoms. The fourth-order valence-corrected chi connectivity index (χ4v) is 2.25. The Bertz CT molecular complexity index is 386. The Morgan fingerprint density at radius 1 is 1.44 bits per heavy atom.